The van der Waals surface area contributed by atoms with E-state index in [-0.39, 0.29) is 23.6 Å². The summed E-state index contributed by atoms with van der Waals surface area (Å²) in [6.07, 6.45) is 0. The van der Waals surface area contributed by atoms with Crippen LogP contribution in [0.15, 0.2) is 54.6 Å². The number of piperazine rings is 1. The van der Waals surface area contributed by atoms with Crippen molar-refractivity contribution in [3.05, 3.63) is 65.7 Å². The maximum Gasteiger partial charge on any atom is 0.262 e. The number of carbonyl (C=O) groups excluding carboxylic acids is 3. The average Bonchev–Trinajstić information content (AvgIpc) is 3.00. The van der Waals surface area contributed by atoms with Crippen LogP contribution in [0.2, 0.25) is 0 Å². The molecule has 0 spiro atoms. The third-order valence-electron chi connectivity index (χ3n) is 5.70. The molecule has 2 aliphatic heterocycles. The Morgan fingerprint density at radius 2 is 1.31 bits per heavy atom. The molecular formula is C23H25N3O3. The number of rotatable bonds is 4. The zero-order valence-corrected chi connectivity index (χ0v) is 16.7. The van der Waals surface area contributed by atoms with Crippen molar-refractivity contribution in [3.63, 3.8) is 0 Å². The predicted molar refractivity (Wildman–Crippen MR) is 111 cm³/mol. The fraction of sp³-hybridized carbons (Fsp3) is 0.348. The van der Waals surface area contributed by atoms with Gasteiger partial charge in [-0.2, -0.15) is 0 Å². The van der Waals surface area contributed by atoms with Crippen LogP contribution in [0.5, 0.6) is 0 Å². The second-order valence-corrected chi connectivity index (χ2v) is 7.86. The Kier molecular flexibility index (Phi) is 5.09. The molecule has 2 aliphatic rings. The van der Waals surface area contributed by atoms with Gasteiger partial charge in [-0.3, -0.25) is 19.3 Å². The van der Waals surface area contributed by atoms with Gasteiger partial charge in [0.2, 0.25) is 5.91 Å². The first-order valence-electron chi connectivity index (χ1n) is 10.0. The summed E-state index contributed by atoms with van der Waals surface area (Å²) >= 11 is 0. The molecule has 1 fully saturated rings. The van der Waals surface area contributed by atoms with Gasteiger partial charge in [0.1, 0.15) is 6.04 Å². The molecule has 6 heteroatoms. The second kappa shape index (κ2) is 7.70. The highest BCUT2D eigenvalue weighted by Crippen LogP contribution is 2.28. The molecule has 150 valence electrons. The first-order valence-corrected chi connectivity index (χ1v) is 10.0. The first kappa shape index (κ1) is 19.2. The van der Waals surface area contributed by atoms with E-state index >= 15 is 0 Å². The zero-order chi connectivity index (χ0) is 20.5. The number of para-hydroxylation sites is 1. The van der Waals surface area contributed by atoms with Crippen molar-refractivity contribution in [1.82, 2.24) is 9.80 Å². The van der Waals surface area contributed by atoms with Crippen LogP contribution < -0.4 is 4.90 Å². The largest absolute Gasteiger partial charge is 0.368 e. The lowest BCUT2D eigenvalue weighted by atomic mass is 10.0. The third-order valence-corrected chi connectivity index (χ3v) is 5.70. The minimum Gasteiger partial charge on any atom is -0.368 e. The number of carbonyl (C=O) groups is 3. The number of imide groups is 1. The van der Waals surface area contributed by atoms with Crippen molar-refractivity contribution < 1.29 is 14.4 Å². The van der Waals surface area contributed by atoms with Crippen molar-refractivity contribution in [2.75, 3.05) is 31.1 Å². The standard InChI is InChI=1S/C23H25N3O3/c1-16(2)20(26-21(27)18-10-6-7-11-19(18)22(26)28)23(29)25-14-12-24(13-15-25)17-8-4-3-5-9-17/h3-11,16,20H,12-15H2,1-2H3/t20-/m1/s1. The maximum atomic E-state index is 13.4. The average molecular weight is 391 g/mol. The van der Waals surface area contributed by atoms with Crippen LogP contribution in [0.25, 0.3) is 0 Å². The summed E-state index contributed by atoms with van der Waals surface area (Å²) < 4.78 is 0. The minimum atomic E-state index is -0.786. The van der Waals surface area contributed by atoms with Gasteiger partial charge in [0.05, 0.1) is 11.1 Å². The highest BCUT2D eigenvalue weighted by molar-refractivity contribution is 6.22. The summed E-state index contributed by atoms with van der Waals surface area (Å²) in [5.41, 5.74) is 1.90. The predicted octanol–water partition coefficient (Wildman–Crippen LogP) is 2.66. The summed E-state index contributed by atoms with van der Waals surface area (Å²) in [4.78, 5) is 44.4. The Balaban J connectivity index is 1.51. The smallest absolute Gasteiger partial charge is 0.262 e. The zero-order valence-electron chi connectivity index (χ0n) is 16.7. The van der Waals surface area contributed by atoms with E-state index < -0.39 is 6.04 Å². The van der Waals surface area contributed by atoms with E-state index in [1.165, 1.54) is 4.90 Å². The van der Waals surface area contributed by atoms with Crippen LogP contribution in [-0.2, 0) is 4.79 Å². The topological polar surface area (TPSA) is 60.9 Å². The Hall–Kier alpha value is -3.15. The van der Waals surface area contributed by atoms with E-state index in [0.29, 0.717) is 24.2 Å². The van der Waals surface area contributed by atoms with Crippen LogP contribution in [0.3, 0.4) is 0 Å². The van der Waals surface area contributed by atoms with Gasteiger partial charge in [0.15, 0.2) is 0 Å². The summed E-state index contributed by atoms with van der Waals surface area (Å²) in [5, 5.41) is 0. The van der Waals surface area contributed by atoms with E-state index in [1.807, 2.05) is 32.0 Å². The monoisotopic (exact) mass is 391 g/mol. The molecule has 0 aliphatic carbocycles. The summed E-state index contributed by atoms with van der Waals surface area (Å²) in [7, 11) is 0. The number of anilines is 1. The Labute approximate surface area is 170 Å². The molecule has 1 saturated heterocycles. The van der Waals surface area contributed by atoms with E-state index in [0.717, 1.165) is 18.8 Å². The van der Waals surface area contributed by atoms with Gasteiger partial charge in [-0.1, -0.05) is 44.2 Å². The van der Waals surface area contributed by atoms with Crippen LogP contribution >= 0.6 is 0 Å². The molecule has 6 nitrogen and oxygen atoms in total. The fourth-order valence-electron chi connectivity index (χ4n) is 4.17. The summed E-state index contributed by atoms with van der Waals surface area (Å²) in [5.74, 6) is -1.07. The second-order valence-electron chi connectivity index (χ2n) is 7.86. The molecule has 0 unspecified atom stereocenters. The van der Waals surface area contributed by atoms with Crippen molar-refractivity contribution in [1.29, 1.82) is 0 Å². The Morgan fingerprint density at radius 3 is 1.83 bits per heavy atom. The van der Waals surface area contributed by atoms with E-state index in [9.17, 15) is 14.4 Å². The molecule has 0 bridgehead atoms. The maximum absolute atomic E-state index is 13.4. The van der Waals surface area contributed by atoms with Gasteiger partial charge in [-0.15, -0.1) is 0 Å². The van der Waals surface area contributed by atoms with Crippen LogP contribution in [0, 0.1) is 5.92 Å². The van der Waals surface area contributed by atoms with E-state index in [4.69, 9.17) is 0 Å². The molecule has 2 aromatic rings. The molecule has 2 heterocycles. The lowest BCUT2D eigenvalue weighted by molar-refractivity contribution is -0.137. The third kappa shape index (κ3) is 3.39. The van der Waals surface area contributed by atoms with Gasteiger partial charge >= 0.3 is 0 Å². The van der Waals surface area contributed by atoms with Crippen molar-refractivity contribution in [2.45, 2.75) is 19.9 Å². The number of nitrogens with zero attached hydrogens (tertiary/aromatic N) is 3. The molecule has 29 heavy (non-hydrogen) atoms. The minimum absolute atomic E-state index is 0.151. The Bertz CT molecular complexity index is 898. The van der Waals surface area contributed by atoms with Crippen LogP contribution in [-0.4, -0.2) is 59.7 Å². The number of fused-ring (bicyclic) bond motifs is 1. The number of hydrogen-bond acceptors (Lipinski definition) is 4. The molecule has 0 saturated carbocycles. The van der Waals surface area contributed by atoms with E-state index in [2.05, 4.69) is 17.0 Å². The van der Waals surface area contributed by atoms with Gasteiger partial charge in [0, 0.05) is 31.9 Å². The van der Waals surface area contributed by atoms with Crippen molar-refractivity contribution in [2.24, 2.45) is 5.92 Å². The molecule has 2 aromatic carbocycles. The highest BCUT2D eigenvalue weighted by Gasteiger charge is 2.45. The first-order chi connectivity index (χ1) is 14.0. The quantitative estimate of drug-likeness (QED) is 0.752. The van der Waals surface area contributed by atoms with Gasteiger partial charge in [0.25, 0.3) is 11.8 Å². The van der Waals surface area contributed by atoms with E-state index in [1.54, 1.807) is 29.2 Å². The summed E-state index contributed by atoms with van der Waals surface area (Å²) in [6.45, 7) is 6.35. The van der Waals surface area contributed by atoms with Crippen molar-refractivity contribution in [3.8, 4) is 0 Å². The molecule has 0 N–H and O–H groups in total. The van der Waals surface area contributed by atoms with Crippen molar-refractivity contribution >= 4 is 23.4 Å². The molecule has 4 rings (SSSR count). The molecule has 0 aromatic heterocycles. The molecular weight excluding hydrogens is 366 g/mol. The fourth-order valence-corrected chi connectivity index (χ4v) is 4.17. The van der Waals surface area contributed by atoms with Crippen LogP contribution in [0.1, 0.15) is 34.6 Å². The van der Waals surface area contributed by atoms with Crippen LogP contribution in [0.4, 0.5) is 5.69 Å². The lowest BCUT2D eigenvalue weighted by Crippen LogP contribution is -2.57. The lowest BCUT2D eigenvalue weighted by Gasteiger charge is -2.39. The summed E-state index contributed by atoms with van der Waals surface area (Å²) in [6, 6.07) is 16.1. The highest BCUT2D eigenvalue weighted by atomic mass is 16.2. The number of amides is 3. The number of hydrogen-bond donors (Lipinski definition) is 0. The van der Waals surface area contributed by atoms with Gasteiger partial charge in [-0.25, -0.2) is 0 Å². The normalized spacial score (nSPS) is 17.7. The SMILES string of the molecule is CC(C)[C@H](C(=O)N1CCN(c2ccccc2)CC1)N1C(=O)c2ccccc2C1=O. The molecule has 0 radical (unpaired) electrons. The van der Waals surface area contributed by atoms with Gasteiger partial charge in [-0.05, 0) is 30.2 Å². The molecule has 3 amide bonds. The van der Waals surface area contributed by atoms with Gasteiger partial charge < -0.3 is 9.80 Å². The number of benzene rings is 2. The molecule has 1 atom stereocenters. The Morgan fingerprint density at radius 1 is 0.793 bits per heavy atom.